The molecule has 1 atom stereocenters. The van der Waals surface area contributed by atoms with Crippen LogP contribution in [-0.2, 0) is 17.4 Å². The van der Waals surface area contributed by atoms with Gasteiger partial charge in [-0.15, -0.1) is 0 Å². The second kappa shape index (κ2) is 7.18. The number of aromatic nitrogens is 1. The number of carbonyl (C=O) groups excluding carboxylic acids is 1. The van der Waals surface area contributed by atoms with Crippen molar-refractivity contribution in [3.05, 3.63) is 53.1 Å². The average Bonchev–Trinajstić information content (AvgIpc) is 3.31. The van der Waals surface area contributed by atoms with Crippen LogP contribution < -0.4 is 0 Å². The van der Waals surface area contributed by atoms with Crippen molar-refractivity contribution in [2.45, 2.75) is 44.2 Å². The van der Waals surface area contributed by atoms with E-state index in [2.05, 4.69) is 4.98 Å². The highest BCUT2D eigenvalue weighted by atomic mass is 19.4. The van der Waals surface area contributed by atoms with E-state index >= 15 is 0 Å². The third-order valence-corrected chi connectivity index (χ3v) is 5.71. The lowest BCUT2D eigenvalue weighted by atomic mass is 9.90. The van der Waals surface area contributed by atoms with Gasteiger partial charge < -0.3 is 4.90 Å². The molecule has 3 nitrogen and oxygen atoms in total. The van der Waals surface area contributed by atoms with Crippen LogP contribution in [0, 0.1) is 5.82 Å². The van der Waals surface area contributed by atoms with Gasteiger partial charge in [0.1, 0.15) is 5.82 Å². The predicted octanol–water partition coefficient (Wildman–Crippen LogP) is 4.95. The number of fused-ring (bicyclic) bond motifs is 1. The number of aryl methyl sites for hydroxylation is 1. The van der Waals surface area contributed by atoms with Crippen LogP contribution in [0.2, 0.25) is 0 Å². The largest absolute Gasteiger partial charge is 0.416 e. The number of nitrogens with zero attached hydrogens (tertiary/aromatic N) is 2. The summed E-state index contributed by atoms with van der Waals surface area (Å²) in [6.07, 6.45) is 2.46. The van der Waals surface area contributed by atoms with Crippen LogP contribution in [0.25, 0.3) is 11.1 Å². The molecule has 2 aliphatic rings. The molecule has 7 heteroatoms. The van der Waals surface area contributed by atoms with E-state index in [4.69, 9.17) is 0 Å². The lowest BCUT2D eigenvalue weighted by Crippen LogP contribution is -2.28. The molecule has 2 aromatic rings. The van der Waals surface area contributed by atoms with Crippen molar-refractivity contribution in [2.24, 2.45) is 0 Å². The molecule has 2 heterocycles. The van der Waals surface area contributed by atoms with Gasteiger partial charge in [-0.05, 0) is 54.9 Å². The first-order valence-corrected chi connectivity index (χ1v) is 9.46. The molecule has 1 unspecified atom stereocenters. The second-order valence-corrected chi connectivity index (χ2v) is 7.48. The number of hydrogen-bond donors (Lipinski definition) is 0. The maximum atomic E-state index is 14.6. The molecule has 1 saturated heterocycles. The maximum Gasteiger partial charge on any atom is 0.416 e. The van der Waals surface area contributed by atoms with E-state index in [1.807, 2.05) is 4.90 Å². The van der Waals surface area contributed by atoms with Gasteiger partial charge >= 0.3 is 6.18 Å². The van der Waals surface area contributed by atoms with E-state index in [9.17, 15) is 22.4 Å². The van der Waals surface area contributed by atoms with E-state index in [0.29, 0.717) is 18.1 Å². The first-order chi connectivity index (χ1) is 13.3. The summed E-state index contributed by atoms with van der Waals surface area (Å²) in [5.74, 6) is -0.907. The van der Waals surface area contributed by atoms with Gasteiger partial charge in [0, 0.05) is 43.0 Å². The highest BCUT2D eigenvalue weighted by Gasteiger charge is 2.33. The zero-order valence-electron chi connectivity index (χ0n) is 15.2. The zero-order chi connectivity index (χ0) is 19.9. The molecule has 0 radical (unpaired) electrons. The zero-order valence-corrected chi connectivity index (χ0v) is 15.2. The normalized spacial score (nSPS) is 19.1. The van der Waals surface area contributed by atoms with Crippen molar-refractivity contribution in [1.29, 1.82) is 0 Å². The standard InChI is InChI=1S/C21H20F4N2O/c22-18-10-15(21(23,24)25)5-6-16(18)17-12-26-11-14-4-3-13(20(14)17)9-19(28)27-7-1-2-8-27/h5-6,10-13H,1-4,7-9H2. The quantitative estimate of drug-likeness (QED) is 0.693. The van der Waals surface area contributed by atoms with Crippen molar-refractivity contribution in [3.63, 3.8) is 0 Å². The first-order valence-electron chi connectivity index (χ1n) is 9.46. The number of carbonyl (C=O) groups is 1. The minimum absolute atomic E-state index is 0.0669. The number of likely N-dealkylation sites (tertiary alicyclic amines) is 1. The molecular weight excluding hydrogens is 372 g/mol. The van der Waals surface area contributed by atoms with E-state index in [0.717, 1.165) is 62.0 Å². The van der Waals surface area contributed by atoms with Gasteiger partial charge in [-0.1, -0.05) is 6.07 Å². The Morgan fingerprint density at radius 2 is 1.89 bits per heavy atom. The monoisotopic (exact) mass is 392 g/mol. The smallest absolute Gasteiger partial charge is 0.343 e. The van der Waals surface area contributed by atoms with Crippen molar-refractivity contribution >= 4 is 5.91 Å². The minimum atomic E-state index is -4.60. The van der Waals surface area contributed by atoms with Crippen molar-refractivity contribution < 1.29 is 22.4 Å². The number of hydrogen-bond acceptors (Lipinski definition) is 2. The Balaban J connectivity index is 1.67. The predicted molar refractivity (Wildman–Crippen MR) is 96.1 cm³/mol. The Morgan fingerprint density at radius 1 is 1.14 bits per heavy atom. The number of pyridine rings is 1. The molecular formula is C21H20F4N2O. The maximum absolute atomic E-state index is 14.6. The molecule has 1 fully saturated rings. The van der Waals surface area contributed by atoms with Crippen molar-refractivity contribution in [1.82, 2.24) is 9.88 Å². The van der Waals surface area contributed by atoms with Crippen LogP contribution in [0.15, 0.2) is 30.6 Å². The first kappa shape index (κ1) is 18.9. The number of benzene rings is 1. The Labute approximate surface area is 160 Å². The molecule has 1 aliphatic heterocycles. The summed E-state index contributed by atoms with van der Waals surface area (Å²) in [5, 5.41) is 0. The molecule has 0 spiro atoms. The lowest BCUT2D eigenvalue weighted by Gasteiger charge is -2.20. The van der Waals surface area contributed by atoms with Gasteiger partial charge in [-0.25, -0.2) is 4.39 Å². The Hall–Kier alpha value is -2.44. The molecule has 4 rings (SSSR count). The Kier molecular flexibility index (Phi) is 4.85. The summed E-state index contributed by atoms with van der Waals surface area (Å²) in [6, 6.07) is 2.57. The summed E-state index contributed by atoms with van der Waals surface area (Å²) in [4.78, 5) is 18.6. The summed E-state index contributed by atoms with van der Waals surface area (Å²) >= 11 is 0. The summed E-state index contributed by atoms with van der Waals surface area (Å²) in [5.41, 5.74) is 1.35. The van der Waals surface area contributed by atoms with Gasteiger partial charge in [0.2, 0.25) is 5.91 Å². The third-order valence-electron chi connectivity index (χ3n) is 5.71. The highest BCUT2D eigenvalue weighted by molar-refractivity contribution is 5.79. The third kappa shape index (κ3) is 3.50. The van der Waals surface area contributed by atoms with Crippen molar-refractivity contribution in [3.8, 4) is 11.1 Å². The van der Waals surface area contributed by atoms with E-state index in [-0.39, 0.29) is 17.4 Å². The summed E-state index contributed by atoms with van der Waals surface area (Å²) in [6.45, 7) is 1.55. The fraction of sp³-hybridized carbons (Fsp3) is 0.429. The number of halogens is 4. The molecule has 1 amide bonds. The van der Waals surface area contributed by atoms with E-state index in [1.165, 1.54) is 6.20 Å². The fourth-order valence-electron chi connectivity index (χ4n) is 4.30. The topological polar surface area (TPSA) is 33.2 Å². The van der Waals surface area contributed by atoms with Crippen LogP contribution in [0.3, 0.4) is 0 Å². The van der Waals surface area contributed by atoms with E-state index in [1.54, 1.807) is 6.20 Å². The van der Waals surface area contributed by atoms with Gasteiger partial charge in [0.05, 0.1) is 5.56 Å². The number of rotatable bonds is 3. The Morgan fingerprint density at radius 3 is 2.57 bits per heavy atom. The van der Waals surface area contributed by atoms with Gasteiger partial charge in [-0.3, -0.25) is 9.78 Å². The van der Waals surface area contributed by atoms with Gasteiger partial charge in [0.25, 0.3) is 0 Å². The van der Waals surface area contributed by atoms with Crippen molar-refractivity contribution in [2.75, 3.05) is 13.1 Å². The van der Waals surface area contributed by atoms with Gasteiger partial charge in [0.15, 0.2) is 0 Å². The molecule has 1 aromatic carbocycles. The summed E-state index contributed by atoms with van der Waals surface area (Å²) < 4.78 is 53.1. The SMILES string of the molecule is O=C(CC1CCc2cncc(-c3ccc(C(F)(F)F)cc3F)c21)N1CCCC1. The molecule has 28 heavy (non-hydrogen) atoms. The lowest BCUT2D eigenvalue weighted by molar-refractivity contribution is -0.137. The minimum Gasteiger partial charge on any atom is -0.343 e. The number of amides is 1. The molecule has 148 valence electrons. The van der Waals surface area contributed by atoms with Crippen LogP contribution in [-0.4, -0.2) is 28.9 Å². The molecule has 0 N–H and O–H groups in total. The molecule has 1 aliphatic carbocycles. The fourth-order valence-corrected chi connectivity index (χ4v) is 4.30. The molecule has 0 bridgehead atoms. The Bertz CT molecular complexity index is 904. The molecule has 0 saturated carbocycles. The molecule has 1 aromatic heterocycles. The van der Waals surface area contributed by atoms with Crippen LogP contribution in [0.1, 0.15) is 48.3 Å². The highest BCUT2D eigenvalue weighted by Crippen LogP contribution is 2.43. The van der Waals surface area contributed by atoms with Crippen LogP contribution in [0.5, 0.6) is 0 Å². The van der Waals surface area contributed by atoms with Crippen LogP contribution >= 0.6 is 0 Å². The summed E-state index contributed by atoms with van der Waals surface area (Å²) in [7, 11) is 0. The average molecular weight is 392 g/mol. The van der Waals surface area contributed by atoms with Gasteiger partial charge in [-0.2, -0.15) is 13.2 Å². The number of alkyl halides is 3. The van der Waals surface area contributed by atoms with E-state index < -0.39 is 17.6 Å². The second-order valence-electron chi connectivity index (χ2n) is 7.48. The van der Waals surface area contributed by atoms with Crippen LogP contribution in [0.4, 0.5) is 17.6 Å².